The summed E-state index contributed by atoms with van der Waals surface area (Å²) in [6.07, 6.45) is 0. The first kappa shape index (κ1) is 24.1. The topological polar surface area (TPSA) is 104 Å². The second kappa shape index (κ2) is 10.9. The molecule has 0 atom stereocenters. The van der Waals surface area contributed by atoms with Gasteiger partial charge in [-0.25, -0.2) is 0 Å². The molecule has 4 aromatic rings. The van der Waals surface area contributed by atoms with Crippen LogP contribution in [-0.2, 0) is 0 Å². The van der Waals surface area contributed by atoms with Crippen molar-refractivity contribution in [2.75, 3.05) is 16.0 Å². The first-order valence-corrected chi connectivity index (χ1v) is 11.2. The third-order valence-electron chi connectivity index (χ3n) is 5.33. The van der Waals surface area contributed by atoms with Crippen LogP contribution in [0.15, 0.2) is 103 Å². The summed E-state index contributed by atoms with van der Waals surface area (Å²) in [5.74, 6) is -1.23. The number of benzene rings is 4. The molecule has 0 unspecified atom stereocenters. The predicted octanol–water partition coefficient (Wildman–Crippen LogP) is 5.65. The fourth-order valence-electron chi connectivity index (χ4n) is 3.48. The van der Waals surface area contributed by atoms with Crippen LogP contribution in [0.4, 0.5) is 17.1 Å². The van der Waals surface area contributed by atoms with Crippen LogP contribution in [0.5, 0.6) is 0 Å². The molecule has 0 spiro atoms. The molecule has 3 amide bonds. The molecule has 4 aromatic carbocycles. The number of carbonyl (C=O) groups excluding carboxylic acids is 4. The summed E-state index contributed by atoms with van der Waals surface area (Å²) in [5.41, 5.74) is 2.84. The lowest BCUT2D eigenvalue weighted by Crippen LogP contribution is -2.17. The first-order valence-electron chi connectivity index (χ1n) is 11.2. The summed E-state index contributed by atoms with van der Waals surface area (Å²) in [6, 6.07) is 28.5. The van der Waals surface area contributed by atoms with E-state index >= 15 is 0 Å². The quantitative estimate of drug-likeness (QED) is 0.299. The third-order valence-corrected chi connectivity index (χ3v) is 5.33. The SMILES string of the molecule is CC(=O)c1ccc(NC(=O)c2cc(NC(=O)c3ccccc3)cc(NC(=O)c3ccccc3)c2)cc1. The van der Waals surface area contributed by atoms with Gasteiger partial charge in [-0.1, -0.05) is 36.4 Å². The highest BCUT2D eigenvalue weighted by Gasteiger charge is 2.14. The van der Waals surface area contributed by atoms with E-state index in [4.69, 9.17) is 0 Å². The molecular weight excluding hydrogens is 454 g/mol. The van der Waals surface area contributed by atoms with E-state index in [0.717, 1.165) is 0 Å². The average Bonchev–Trinajstić information content (AvgIpc) is 2.89. The summed E-state index contributed by atoms with van der Waals surface area (Å²) in [6.45, 7) is 1.47. The molecule has 0 aromatic heterocycles. The number of hydrogen-bond donors (Lipinski definition) is 3. The van der Waals surface area contributed by atoms with Crippen LogP contribution in [0.25, 0.3) is 0 Å². The van der Waals surface area contributed by atoms with Crippen molar-refractivity contribution in [1.29, 1.82) is 0 Å². The Labute approximate surface area is 208 Å². The minimum absolute atomic E-state index is 0.0754. The van der Waals surface area contributed by atoms with E-state index < -0.39 is 5.91 Å². The molecule has 0 aliphatic rings. The van der Waals surface area contributed by atoms with Gasteiger partial charge < -0.3 is 16.0 Å². The number of hydrogen-bond acceptors (Lipinski definition) is 4. The van der Waals surface area contributed by atoms with Crippen molar-refractivity contribution < 1.29 is 19.2 Å². The highest BCUT2D eigenvalue weighted by molar-refractivity contribution is 6.10. The Bertz CT molecular complexity index is 1340. The van der Waals surface area contributed by atoms with Gasteiger partial charge in [0.1, 0.15) is 0 Å². The third kappa shape index (κ3) is 6.09. The number of carbonyl (C=O) groups is 4. The summed E-state index contributed by atoms with van der Waals surface area (Å²) < 4.78 is 0. The predicted molar refractivity (Wildman–Crippen MR) is 140 cm³/mol. The van der Waals surface area contributed by atoms with Crippen molar-refractivity contribution in [2.24, 2.45) is 0 Å². The maximum atomic E-state index is 13.0. The summed E-state index contributed by atoms with van der Waals surface area (Å²) in [5, 5.41) is 8.34. The zero-order valence-electron chi connectivity index (χ0n) is 19.4. The zero-order chi connectivity index (χ0) is 25.5. The molecule has 0 bridgehead atoms. The van der Waals surface area contributed by atoms with Gasteiger partial charge in [-0.2, -0.15) is 0 Å². The van der Waals surface area contributed by atoms with Crippen LogP contribution in [0.3, 0.4) is 0 Å². The van der Waals surface area contributed by atoms with Crippen LogP contribution >= 0.6 is 0 Å². The second-order valence-corrected chi connectivity index (χ2v) is 8.03. The van der Waals surface area contributed by atoms with Gasteiger partial charge in [-0.15, -0.1) is 0 Å². The minimum atomic E-state index is -0.448. The van der Waals surface area contributed by atoms with E-state index in [9.17, 15) is 19.2 Å². The van der Waals surface area contributed by atoms with Crippen LogP contribution in [-0.4, -0.2) is 23.5 Å². The molecule has 0 heterocycles. The van der Waals surface area contributed by atoms with Crippen molar-refractivity contribution in [1.82, 2.24) is 0 Å². The Hall–Kier alpha value is -5.04. The summed E-state index contributed by atoms with van der Waals surface area (Å²) in [7, 11) is 0. The molecule has 0 aliphatic heterocycles. The lowest BCUT2D eigenvalue weighted by molar-refractivity contribution is 0.101. The first-order chi connectivity index (χ1) is 17.4. The van der Waals surface area contributed by atoms with Gasteiger partial charge in [0.25, 0.3) is 17.7 Å². The Morgan fingerprint density at radius 3 is 1.31 bits per heavy atom. The normalized spacial score (nSPS) is 10.2. The van der Waals surface area contributed by atoms with E-state index in [2.05, 4.69) is 16.0 Å². The summed E-state index contributed by atoms with van der Waals surface area (Å²) >= 11 is 0. The molecule has 7 heteroatoms. The van der Waals surface area contributed by atoms with Crippen molar-refractivity contribution in [3.05, 3.63) is 125 Å². The van der Waals surface area contributed by atoms with Crippen molar-refractivity contribution >= 4 is 40.6 Å². The maximum absolute atomic E-state index is 13.0. The number of ketones is 1. The molecule has 36 heavy (non-hydrogen) atoms. The van der Waals surface area contributed by atoms with Gasteiger partial charge >= 0.3 is 0 Å². The molecule has 7 nitrogen and oxygen atoms in total. The Balaban J connectivity index is 1.61. The summed E-state index contributed by atoms with van der Waals surface area (Å²) in [4.78, 5) is 49.9. The molecule has 178 valence electrons. The molecule has 0 radical (unpaired) electrons. The van der Waals surface area contributed by atoms with Gasteiger partial charge in [0.05, 0.1) is 0 Å². The van der Waals surface area contributed by atoms with Gasteiger partial charge in [-0.3, -0.25) is 19.2 Å². The number of amides is 3. The average molecular weight is 478 g/mol. The minimum Gasteiger partial charge on any atom is -0.322 e. The lowest BCUT2D eigenvalue weighted by Gasteiger charge is -2.13. The van der Waals surface area contributed by atoms with E-state index in [1.165, 1.54) is 19.1 Å². The Kier molecular flexibility index (Phi) is 7.31. The smallest absolute Gasteiger partial charge is 0.255 e. The highest BCUT2D eigenvalue weighted by atomic mass is 16.2. The standard InChI is InChI=1S/C29H23N3O4/c1-19(33)20-12-14-24(15-13-20)30-29(36)23-16-25(31-27(34)21-8-4-2-5-9-21)18-26(17-23)32-28(35)22-10-6-3-7-11-22/h2-18H,1H3,(H,30,36)(H,31,34)(H,32,35). The number of rotatable bonds is 7. The number of Topliss-reactive ketones (excluding diaryl/α,β-unsaturated/α-hetero) is 1. The molecular formula is C29H23N3O4. The van der Waals surface area contributed by atoms with E-state index in [0.29, 0.717) is 33.8 Å². The molecule has 0 saturated carbocycles. The second-order valence-electron chi connectivity index (χ2n) is 8.03. The van der Waals surface area contributed by atoms with Crippen LogP contribution in [0.2, 0.25) is 0 Å². The van der Waals surface area contributed by atoms with Crippen molar-refractivity contribution in [3.8, 4) is 0 Å². The van der Waals surface area contributed by atoms with Crippen LogP contribution in [0.1, 0.15) is 48.4 Å². The Morgan fingerprint density at radius 1 is 0.444 bits per heavy atom. The molecule has 3 N–H and O–H groups in total. The molecule has 0 fully saturated rings. The molecule has 0 saturated heterocycles. The maximum Gasteiger partial charge on any atom is 0.255 e. The van der Waals surface area contributed by atoms with Crippen LogP contribution < -0.4 is 16.0 Å². The van der Waals surface area contributed by atoms with Gasteiger partial charge in [-0.05, 0) is 73.7 Å². The highest BCUT2D eigenvalue weighted by Crippen LogP contribution is 2.22. The van der Waals surface area contributed by atoms with Crippen molar-refractivity contribution in [3.63, 3.8) is 0 Å². The largest absolute Gasteiger partial charge is 0.322 e. The molecule has 0 aliphatic carbocycles. The van der Waals surface area contributed by atoms with Crippen molar-refractivity contribution in [2.45, 2.75) is 6.92 Å². The van der Waals surface area contributed by atoms with E-state index in [1.807, 2.05) is 12.1 Å². The monoisotopic (exact) mass is 477 g/mol. The zero-order valence-corrected chi connectivity index (χ0v) is 19.4. The van der Waals surface area contributed by atoms with E-state index in [1.54, 1.807) is 78.9 Å². The van der Waals surface area contributed by atoms with Gasteiger partial charge in [0.15, 0.2) is 5.78 Å². The number of anilines is 3. The Morgan fingerprint density at radius 2 is 0.861 bits per heavy atom. The van der Waals surface area contributed by atoms with E-state index in [-0.39, 0.29) is 23.2 Å². The molecule has 4 rings (SSSR count). The van der Waals surface area contributed by atoms with Crippen LogP contribution in [0, 0.1) is 0 Å². The van der Waals surface area contributed by atoms with Gasteiger partial charge in [0, 0.05) is 39.3 Å². The fraction of sp³-hybridized carbons (Fsp3) is 0.0345. The lowest BCUT2D eigenvalue weighted by atomic mass is 10.1. The number of nitrogens with one attached hydrogen (secondary N) is 3. The fourth-order valence-corrected chi connectivity index (χ4v) is 3.48. The van der Waals surface area contributed by atoms with Gasteiger partial charge in [0.2, 0.25) is 0 Å².